The van der Waals surface area contributed by atoms with Crippen LogP contribution in [-0.2, 0) is 4.79 Å². The quantitative estimate of drug-likeness (QED) is 0.709. The molecule has 3 aromatic rings. The number of anilines is 2. The molecule has 0 unspecified atom stereocenters. The number of carbonyl (C=O) groups excluding carboxylic acids is 1. The number of hydrogen-bond acceptors (Lipinski definition) is 6. The van der Waals surface area contributed by atoms with Crippen LogP contribution < -0.4 is 10.2 Å². The molecule has 0 aliphatic carbocycles. The molecule has 4 rings (SSSR count). The summed E-state index contributed by atoms with van der Waals surface area (Å²) in [5, 5.41) is 6.61. The zero-order valence-corrected chi connectivity index (χ0v) is 16.3. The highest BCUT2D eigenvalue weighted by molar-refractivity contribution is 7.16. The van der Waals surface area contributed by atoms with Crippen molar-refractivity contribution >= 4 is 50.6 Å². The first-order chi connectivity index (χ1) is 13.2. The number of nitrogens with one attached hydrogen (secondary N) is 1. The van der Waals surface area contributed by atoms with Gasteiger partial charge < -0.3 is 10.2 Å². The molecule has 1 saturated heterocycles. The van der Waals surface area contributed by atoms with E-state index < -0.39 is 0 Å². The fourth-order valence-corrected chi connectivity index (χ4v) is 4.16. The molecule has 1 aliphatic rings. The summed E-state index contributed by atoms with van der Waals surface area (Å²) in [6.07, 6.45) is 2.09. The molecule has 27 heavy (non-hydrogen) atoms. The topological polar surface area (TPSA) is 61.4 Å². The number of carbonyl (C=O) groups is 1. The van der Waals surface area contributed by atoms with E-state index in [9.17, 15) is 4.79 Å². The maximum atomic E-state index is 12.2. The number of hydrogen-bond donors (Lipinski definition) is 1. The second kappa shape index (κ2) is 8.21. The summed E-state index contributed by atoms with van der Waals surface area (Å²) in [6, 6.07) is 9.37. The normalized spacial score (nSPS) is 15.2. The smallest absolute Gasteiger partial charge is 0.225 e. The number of halogens is 1. The van der Waals surface area contributed by atoms with E-state index in [0.717, 1.165) is 48.8 Å². The Bertz CT molecular complexity index is 939. The Labute approximate surface area is 166 Å². The zero-order valence-electron chi connectivity index (χ0n) is 14.8. The highest BCUT2D eigenvalue weighted by Gasteiger charge is 2.20. The Balaban J connectivity index is 1.28. The number of benzene rings is 1. The summed E-state index contributed by atoms with van der Waals surface area (Å²) in [4.78, 5) is 26.6. The molecule has 1 fully saturated rings. The third-order valence-electron chi connectivity index (χ3n) is 4.72. The molecule has 140 valence electrons. The van der Waals surface area contributed by atoms with Gasteiger partial charge in [0.1, 0.15) is 17.0 Å². The van der Waals surface area contributed by atoms with Gasteiger partial charge in [-0.05, 0) is 23.6 Å². The standard InChI is InChI=1S/C19H20ClN5OS/c20-15-3-1-2-4-16(15)23-17(26)5-7-24-8-10-25(11-9-24)18-14-6-12-27-19(14)22-13-21-18/h1-4,6,12-13H,5,7-11H2,(H,23,26). The lowest BCUT2D eigenvalue weighted by Crippen LogP contribution is -2.47. The van der Waals surface area contributed by atoms with Gasteiger partial charge in [0.15, 0.2) is 0 Å². The van der Waals surface area contributed by atoms with Gasteiger partial charge in [-0.3, -0.25) is 9.69 Å². The average Bonchev–Trinajstić information content (AvgIpc) is 3.17. The number of thiophene rings is 1. The summed E-state index contributed by atoms with van der Waals surface area (Å²) >= 11 is 7.72. The van der Waals surface area contributed by atoms with E-state index in [1.54, 1.807) is 23.7 Å². The molecule has 0 spiro atoms. The van der Waals surface area contributed by atoms with Crippen LogP contribution in [0.2, 0.25) is 5.02 Å². The highest BCUT2D eigenvalue weighted by Crippen LogP contribution is 2.27. The summed E-state index contributed by atoms with van der Waals surface area (Å²) < 4.78 is 0. The van der Waals surface area contributed by atoms with E-state index in [0.29, 0.717) is 17.1 Å². The Morgan fingerprint density at radius 2 is 1.96 bits per heavy atom. The van der Waals surface area contributed by atoms with Crippen LogP contribution >= 0.6 is 22.9 Å². The average molecular weight is 402 g/mol. The van der Waals surface area contributed by atoms with E-state index in [1.807, 2.05) is 18.2 Å². The SMILES string of the molecule is O=C(CCN1CCN(c2ncnc3sccc23)CC1)Nc1ccccc1Cl. The molecular weight excluding hydrogens is 382 g/mol. The van der Waals surface area contributed by atoms with Crippen molar-refractivity contribution in [2.45, 2.75) is 6.42 Å². The number of aromatic nitrogens is 2. The lowest BCUT2D eigenvalue weighted by atomic mass is 10.2. The van der Waals surface area contributed by atoms with Gasteiger partial charge in [0.2, 0.25) is 5.91 Å². The number of piperazine rings is 1. The maximum absolute atomic E-state index is 12.2. The van der Waals surface area contributed by atoms with Gasteiger partial charge in [0.25, 0.3) is 0 Å². The number of amides is 1. The van der Waals surface area contributed by atoms with E-state index in [-0.39, 0.29) is 5.91 Å². The molecular formula is C19H20ClN5OS. The molecule has 2 aromatic heterocycles. The molecule has 3 heterocycles. The van der Waals surface area contributed by atoms with Crippen molar-refractivity contribution in [2.75, 3.05) is 42.9 Å². The van der Waals surface area contributed by atoms with Crippen molar-refractivity contribution < 1.29 is 4.79 Å². The minimum absolute atomic E-state index is 0.0127. The Hall–Kier alpha value is -2.22. The third kappa shape index (κ3) is 4.21. The van der Waals surface area contributed by atoms with Crippen LogP contribution in [0.5, 0.6) is 0 Å². The van der Waals surface area contributed by atoms with Crippen LogP contribution in [0.3, 0.4) is 0 Å². The summed E-state index contributed by atoms with van der Waals surface area (Å²) in [7, 11) is 0. The predicted molar refractivity (Wildman–Crippen MR) is 111 cm³/mol. The first kappa shape index (κ1) is 18.2. The van der Waals surface area contributed by atoms with Crippen LogP contribution in [0.4, 0.5) is 11.5 Å². The lowest BCUT2D eigenvalue weighted by Gasteiger charge is -2.35. The molecule has 0 atom stereocenters. The van der Waals surface area contributed by atoms with Crippen molar-refractivity contribution in [3.8, 4) is 0 Å². The molecule has 1 N–H and O–H groups in total. The van der Waals surface area contributed by atoms with E-state index >= 15 is 0 Å². The zero-order chi connectivity index (χ0) is 18.6. The molecule has 1 aliphatic heterocycles. The number of fused-ring (bicyclic) bond motifs is 1. The van der Waals surface area contributed by atoms with Gasteiger partial charge in [-0.15, -0.1) is 11.3 Å². The van der Waals surface area contributed by atoms with Crippen molar-refractivity contribution in [2.24, 2.45) is 0 Å². The predicted octanol–water partition coefficient (Wildman–Crippen LogP) is 3.50. The second-order valence-electron chi connectivity index (χ2n) is 6.44. The molecule has 1 amide bonds. The van der Waals surface area contributed by atoms with Crippen LogP contribution in [0.15, 0.2) is 42.0 Å². The molecule has 0 bridgehead atoms. The van der Waals surface area contributed by atoms with Gasteiger partial charge in [-0.1, -0.05) is 23.7 Å². The minimum Gasteiger partial charge on any atom is -0.353 e. The Morgan fingerprint density at radius 1 is 1.15 bits per heavy atom. The first-order valence-corrected chi connectivity index (χ1v) is 10.2. The Morgan fingerprint density at radius 3 is 2.78 bits per heavy atom. The van der Waals surface area contributed by atoms with Crippen LogP contribution in [-0.4, -0.2) is 53.5 Å². The summed E-state index contributed by atoms with van der Waals surface area (Å²) in [6.45, 7) is 4.36. The minimum atomic E-state index is -0.0127. The van der Waals surface area contributed by atoms with Crippen LogP contribution in [0.25, 0.3) is 10.2 Å². The molecule has 0 saturated carbocycles. The van der Waals surface area contributed by atoms with Crippen molar-refractivity contribution in [1.82, 2.24) is 14.9 Å². The Kier molecular flexibility index (Phi) is 5.52. The maximum Gasteiger partial charge on any atom is 0.225 e. The molecule has 8 heteroatoms. The fourth-order valence-electron chi connectivity index (χ4n) is 3.25. The second-order valence-corrected chi connectivity index (χ2v) is 7.75. The van der Waals surface area contributed by atoms with Gasteiger partial charge in [0, 0.05) is 39.1 Å². The highest BCUT2D eigenvalue weighted by atomic mass is 35.5. The van der Waals surface area contributed by atoms with Crippen LogP contribution in [0.1, 0.15) is 6.42 Å². The lowest BCUT2D eigenvalue weighted by molar-refractivity contribution is -0.116. The number of rotatable bonds is 5. The third-order valence-corrected chi connectivity index (χ3v) is 5.87. The molecule has 0 radical (unpaired) electrons. The summed E-state index contributed by atoms with van der Waals surface area (Å²) in [5.74, 6) is 0.999. The van der Waals surface area contributed by atoms with Gasteiger partial charge in [-0.25, -0.2) is 9.97 Å². The van der Waals surface area contributed by atoms with E-state index in [2.05, 4.69) is 36.5 Å². The van der Waals surface area contributed by atoms with Crippen LogP contribution in [0, 0.1) is 0 Å². The fraction of sp³-hybridized carbons (Fsp3) is 0.316. The first-order valence-electron chi connectivity index (χ1n) is 8.90. The number of nitrogens with zero attached hydrogens (tertiary/aromatic N) is 4. The molecule has 1 aromatic carbocycles. The van der Waals surface area contributed by atoms with Crippen molar-refractivity contribution in [3.05, 3.63) is 47.1 Å². The van der Waals surface area contributed by atoms with Crippen molar-refractivity contribution in [1.29, 1.82) is 0 Å². The largest absolute Gasteiger partial charge is 0.353 e. The van der Waals surface area contributed by atoms with Gasteiger partial charge in [-0.2, -0.15) is 0 Å². The van der Waals surface area contributed by atoms with Gasteiger partial charge >= 0.3 is 0 Å². The van der Waals surface area contributed by atoms with Crippen molar-refractivity contribution in [3.63, 3.8) is 0 Å². The number of para-hydroxylation sites is 1. The van der Waals surface area contributed by atoms with E-state index in [1.165, 1.54) is 0 Å². The summed E-state index contributed by atoms with van der Waals surface area (Å²) in [5.41, 5.74) is 0.664. The monoisotopic (exact) mass is 401 g/mol. The van der Waals surface area contributed by atoms with Gasteiger partial charge in [0.05, 0.1) is 16.1 Å². The molecule has 6 nitrogen and oxygen atoms in total. The van der Waals surface area contributed by atoms with E-state index in [4.69, 9.17) is 11.6 Å².